The van der Waals surface area contributed by atoms with Gasteiger partial charge in [0.15, 0.2) is 11.8 Å². The maximum absolute atomic E-state index is 4.76. The molecular weight excluding hydrogens is 346 g/mol. The van der Waals surface area contributed by atoms with Crippen LogP contribution >= 0.6 is 11.8 Å². The first-order valence-corrected chi connectivity index (χ1v) is 11.0. The van der Waals surface area contributed by atoms with E-state index in [2.05, 4.69) is 45.8 Å². The molecule has 0 unspecified atom stereocenters. The number of guanidine groups is 1. The molecule has 148 valence electrons. The van der Waals surface area contributed by atoms with Crippen LogP contribution in [0.5, 0.6) is 0 Å². The molecule has 2 N–H and O–H groups in total. The van der Waals surface area contributed by atoms with E-state index < -0.39 is 0 Å². The van der Waals surface area contributed by atoms with Gasteiger partial charge >= 0.3 is 0 Å². The van der Waals surface area contributed by atoms with E-state index in [1.807, 2.05) is 30.3 Å². The van der Waals surface area contributed by atoms with Gasteiger partial charge in [0, 0.05) is 38.8 Å². The van der Waals surface area contributed by atoms with E-state index in [0.717, 1.165) is 62.3 Å². The molecule has 8 heteroatoms. The Labute approximate surface area is 162 Å². The molecule has 1 aliphatic rings. The molecule has 0 amide bonds. The predicted molar refractivity (Wildman–Crippen MR) is 111 cm³/mol. The number of likely N-dealkylation sites (tertiary alicyclic amines) is 1. The number of hydrogen-bond donors (Lipinski definition) is 2. The number of aryl methyl sites for hydroxylation is 1. The molecule has 0 aliphatic carbocycles. The van der Waals surface area contributed by atoms with Crippen LogP contribution in [-0.4, -0.2) is 69.4 Å². The summed E-state index contributed by atoms with van der Waals surface area (Å²) in [5.74, 6) is 3.87. The Kier molecular flexibility index (Phi) is 8.71. The first kappa shape index (κ1) is 21.0. The zero-order chi connectivity index (χ0) is 18.9. The van der Waals surface area contributed by atoms with Crippen LogP contribution < -0.4 is 10.6 Å². The molecule has 0 aromatic carbocycles. The number of piperidine rings is 1. The molecule has 26 heavy (non-hydrogen) atoms. The van der Waals surface area contributed by atoms with Crippen LogP contribution in [0, 0.1) is 6.92 Å². The van der Waals surface area contributed by atoms with Crippen LogP contribution in [0.25, 0.3) is 0 Å². The molecule has 0 spiro atoms. The van der Waals surface area contributed by atoms with Gasteiger partial charge in [0.05, 0.1) is 0 Å². The van der Waals surface area contributed by atoms with Gasteiger partial charge in [-0.2, -0.15) is 11.8 Å². The lowest BCUT2D eigenvalue weighted by atomic mass is 10.0. The van der Waals surface area contributed by atoms with Gasteiger partial charge < -0.3 is 20.1 Å². The zero-order valence-electron chi connectivity index (χ0n) is 17.0. The van der Waals surface area contributed by atoms with E-state index >= 15 is 0 Å². The third-order valence-electron chi connectivity index (χ3n) is 4.98. The van der Waals surface area contributed by atoms with Gasteiger partial charge in [-0.15, -0.1) is 10.2 Å². The highest BCUT2D eigenvalue weighted by molar-refractivity contribution is 7.98. The van der Waals surface area contributed by atoms with E-state index in [-0.39, 0.29) is 0 Å². The summed E-state index contributed by atoms with van der Waals surface area (Å²) < 4.78 is 2.00. The molecule has 0 bridgehead atoms. The SMILES string of the molecule is CSCCCNC(=NCc1nnc(C)n1C)NC1CCN(C(C)C)CC1. The van der Waals surface area contributed by atoms with E-state index in [4.69, 9.17) is 4.99 Å². The summed E-state index contributed by atoms with van der Waals surface area (Å²) in [6.45, 7) is 10.3. The maximum Gasteiger partial charge on any atom is 0.191 e. The largest absolute Gasteiger partial charge is 0.356 e. The molecule has 1 aromatic rings. The van der Waals surface area contributed by atoms with Gasteiger partial charge in [-0.1, -0.05) is 0 Å². The van der Waals surface area contributed by atoms with E-state index in [1.165, 1.54) is 0 Å². The van der Waals surface area contributed by atoms with E-state index in [9.17, 15) is 0 Å². The fourth-order valence-corrected chi connectivity index (χ4v) is 3.50. The second kappa shape index (κ2) is 10.8. The Morgan fingerprint density at radius 2 is 2.04 bits per heavy atom. The summed E-state index contributed by atoms with van der Waals surface area (Å²) in [6, 6.07) is 1.12. The molecule has 1 saturated heterocycles. The van der Waals surface area contributed by atoms with Crippen molar-refractivity contribution >= 4 is 17.7 Å². The monoisotopic (exact) mass is 381 g/mol. The van der Waals surface area contributed by atoms with Crippen LogP contribution in [0.2, 0.25) is 0 Å². The molecule has 2 heterocycles. The average molecular weight is 382 g/mol. The summed E-state index contributed by atoms with van der Waals surface area (Å²) in [7, 11) is 1.99. The quantitative estimate of drug-likeness (QED) is 0.406. The van der Waals surface area contributed by atoms with Crippen LogP contribution in [0.4, 0.5) is 0 Å². The van der Waals surface area contributed by atoms with Crippen LogP contribution in [0.1, 0.15) is 44.8 Å². The number of aliphatic imine (C=N–C) groups is 1. The topological polar surface area (TPSA) is 70.4 Å². The second-order valence-electron chi connectivity index (χ2n) is 7.21. The highest BCUT2D eigenvalue weighted by Gasteiger charge is 2.21. The fourth-order valence-electron chi connectivity index (χ4n) is 3.07. The van der Waals surface area contributed by atoms with Crippen molar-refractivity contribution < 1.29 is 0 Å². The lowest BCUT2D eigenvalue weighted by Crippen LogP contribution is -2.50. The first-order chi connectivity index (χ1) is 12.5. The maximum atomic E-state index is 4.76. The van der Waals surface area contributed by atoms with Crippen LogP contribution in [0.3, 0.4) is 0 Å². The minimum absolute atomic E-state index is 0.484. The number of rotatable bonds is 8. The second-order valence-corrected chi connectivity index (χ2v) is 8.19. The number of aromatic nitrogens is 3. The van der Waals surface area contributed by atoms with Crippen molar-refractivity contribution in [3.05, 3.63) is 11.6 Å². The Bertz CT molecular complexity index is 562. The standard InChI is InChI=1S/C18H35N7S/c1-14(2)25-10-7-16(8-11-25)21-18(19-9-6-12-26-5)20-13-17-23-22-15(3)24(17)4/h14,16H,6-13H2,1-5H3,(H2,19,20,21). The van der Waals surface area contributed by atoms with E-state index in [1.54, 1.807) is 0 Å². The number of hydrogen-bond acceptors (Lipinski definition) is 5. The Morgan fingerprint density at radius 1 is 1.31 bits per heavy atom. The number of nitrogens with zero attached hydrogens (tertiary/aromatic N) is 5. The van der Waals surface area contributed by atoms with Gasteiger partial charge in [-0.3, -0.25) is 0 Å². The molecule has 1 aromatic heterocycles. The zero-order valence-corrected chi connectivity index (χ0v) is 17.8. The minimum atomic E-state index is 0.484. The smallest absolute Gasteiger partial charge is 0.191 e. The number of nitrogens with one attached hydrogen (secondary N) is 2. The molecule has 2 rings (SSSR count). The Balaban J connectivity index is 1.92. The summed E-state index contributed by atoms with van der Waals surface area (Å²) in [4.78, 5) is 7.31. The van der Waals surface area contributed by atoms with Crippen LogP contribution in [0.15, 0.2) is 4.99 Å². The van der Waals surface area contributed by atoms with Crippen molar-refractivity contribution in [1.82, 2.24) is 30.3 Å². The van der Waals surface area contributed by atoms with Gasteiger partial charge in [-0.05, 0) is 52.0 Å². The van der Waals surface area contributed by atoms with Gasteiger partial charge in [0.25, 0.3) is 0 Å². The fraction of sp³-hybridized carbons (Fsp3) is 0.833. The number of thioether (sulfide) groups is 1. The highest BCUT2D eigenvalue weighted by atomic mass is 32.2. The summed E-state index contributed by atoms with van der Waals surface area (Å²) in [5, 5.41) is 15.5. The lowest BCUT2D eigenvalue weighted by molar-refractivity contribution is 0.167. The van der Waals surface area contributed by atoms with Gasteiger partial charge in [0.1, 0.15) is 12.4 Å². The predicted octanol–water partition coefficient (Wildman–Crippen LogP) is 1.78. The Morgan fingerprint density at radius 3 is 2.62 bits per heavy atom. The molecule has 0 saturated carbocycles. The summed E-state index contributed by atoms with van der Waals surface area (Å²) in [5.41, 5.74) is 0. The minimum Gasteiger partial charge on any atom is -0.356 e. The van der Waals surface area contributed by atoms with Gasteiger partial charge in [0.2, 0.25) is 0 Å². The normalized spacial score (nSPS) is 17.1. The molecule has 1 aliphatic heterocycles. The van der Waals surface area contributed by atoms with Crippen molar-refractivity contribution in [2.45, 2.75) is 58.7 Å². The van der Waals surface area contributed by atoms with Crippen LogP contribution in [-0.2, 0) is 13.6 Å². The van der Waals surface area contributed by atoms with E-state index in [0.29, 0.717) is 18.6 Å². The molecular formula is C18H35N7S. The van der Waals surface area contributed by atoms with Gasteiger partial charge in [-0.25, -0.2) is 4.99 Å². The highest BCUT2D eigenvalue weighted by Crippen LogP contribution is 2.13. The van der Waals surface area contributed by atoms with Crippen molar-refractivity contribution in [2.75, 3.05) is 31.6 Å². The Hall–Kier alpha value is -1.28. The molecule has 0 radical (unpaired) electrons. The van der Waals surface area contributed by atoms with Crippen molar-refractivity contribution in [3.8, 4) is 0 Å². The lowest BCUT2D eigenvalue weighted by Gasteiger charge is -2.35. The molecule has 0 atom stereocenters. The van der Waals surface area contributed by atoms with Crippen molar-refractivity contribution in [2.24, 2.45) is 12.0 Å². The molecule has 7 nitrogen and oxygen atoms in total. The summed E-state index contributed by atoms with van der Waals surface area (Å²) in [6.07, 6.45) is 5.60. The third-order valence-corrected chi connectivity index (χ3v) is 5.68. The third kappa shape index (κ3) is 6.46. The first-order valence-electron chi connectivity index (χ1n) is 9.64. The average Bonchev–Trinajstić information content (AvgIpc) is 2.95. The molecule has 1 fully saturated rings. The van der Waals surface area contributed by atoms with Crippen molar-refractivity contribution in [1.29, 1.82) is 0 Å². The summed E-state index contributed by atoms with van der Waals surface area (Å²) >= 11 is 1.88. The van der Waals surface area contributed by atoms with Crippen molar-refractivity contribution in [3.63, 3.8) is 0 Å².